The van der Waals surface area contributed by atoms with E-state index in [1.54, 1.807) is 35.2 Å². The van der Waals surface area contributed by atoms with Crippen molar-refractivity contribution >= 4 is 28.9 Å². The lowest BCUT2D eigenvalue weighted by Gasteiger charge is -2.17. The Balaban J connectivity index is 1.92. The van der Waals surface area contributed by atoms with Crippen LogP contribution in [0.4, 0.5) is 11.4 Å². The van der Waals surface area contributed by atoms with E-state index < -0.39 is 4.92 Å². The lowest BCUT2D eigenvalue weighted by molar-refractivity contribution is -0.384. The van der Waals surface area contributed by atoms with Crippen LogP contribution in [0.3, 0.4) is 0 Å². The first-order chi connectivity index (χ1) is 10.1. The number of nitrogens with zero attached hydrogens (tertiary/aromatic N) is 2. The van der Waals surface area contributed by atoms with Crippen LogP contribution in [0.15, 0.2) is 42.5 Å². The number of non-ortho nitro benzene ring substituents is 1. The Morgan fingerprint density at radius 3 is 2.57 bits per heavy atom. The average Bonchev–Trinajstić information content (AvgIpc) is 2.90. The third-order valence-corrected chi connectivity index (χ3v) is 3.76. The van der Waals surface area contributed by atoms with E-state index in [1.165, 1.54) is 12.1 Å². The molecule has 0 unspecified atom stereocenters. The highest BCUT2D eigenvalue weighted by Gasteiger charge is 2.27. The third-order valence-electron chi connectivity index (χ3n) is 3.51. The minimum Gasteiger partial charge on any atom is -0.308 e. The van der Waals surface area contributed by atoms with Gasteiger partial charge in [-0.05, 0) is 42.3 Å². The highest BCUT2D eigenvalue weighted by molar-refractivity contribution is 6.30. The molecule has 0 aromatic heterocycles. The second kappa shape index (κ2) is 5.18. The fourth-order valence-electron chi connectivity index (χ4n) is 2.46. The molecule has 0 radical (unpaired) electrons. The maximum Gasteiger partial charge on any atom is 0.269 e. The van der Waals surface area contributed by atoms with Gasteiger partial charge in [0.15, 0.2) is 0 Å². The Morgan fingerprint density at radius 1 is 1.19 bits per heavy atom. The molecule has 106 valence electrons. The summed E-state index contributed by atoms with van der Waals surface area (Å²) in [6, 6.07) is 11.3. The topological polar surface area (TPSA) is 63.5 Å². The van der Waals surface area contributed by atoms with Crippen LogP contribution in [0.25, 0.3) is 0 Å². The first kappa shape index (κ1) is 13.6. The summed E-state index contributed by atoms with van der Waals surface area (Å²) in [5.41, 5.74) is 2.16. The number of nitro benzene ring substituents is 1. The van der Waals surface area contributed by atoms with Crippen LogP contribution in [-0.4, -0.2) is 17.4 Å². The molecule has 1 heterocycles. The summed E-state index contributed by atoms with van der Waals surface area (Å²) in [5, 5.41) is 11.4. The van der Waals surface area contributed by atoms with Crippen LogP contribution >= 0.6 is 11.6 Å². The Bertz CT molecular complexity index is 728. The van der Waals surface area contributed by atoms with Crippen molar-refractivity contribution in [3.8, 4) is 0 Å². The molecule has 1 amide bonds. The fourth-order valence-corrected chi connectivity index (χ4v) is 2.59. The molecule has 5 nitrogen and oxygen atoms in total. The highest BCUT2D eigenvalue weighted by Crippen LogP contribution is 2.32. The lowest BCUT2D eigenvalue weighted by atomic mass is 10.1. The summed E-state index contributed by atoms with van der Waals surface area (Å²) in [4.78, 5) is 24.5. The van der Waals surface area contributed by atoms with Gasteiger partial charge in [-0.15, -0.1) is 0 Å². The average molecular weight is 303 g/mol. The van der Waals surface area contributed by atoms with E-state index in [1.807, 2.05) is 0 Å². The van der Waals surface area contributed by atoms with Crippen molar-refractivity contribution in [1.82, 2.24) is 0 Å². The predicted octanol–water partition coefficient (Wildman–Crippen LogP) is 3.45. The lowest BCUT2D eigenvalue weighted by Crippen LogP contribution is -2.28. The Hall–Kier alpha value is -2.40. The summed E-state index contributed by atoms with van der Waals surface area (Å²) in [6.45, 7) is 0.526. The van der Waals surface area contributed by atoms with Crippen molar-refractivity contribution in [2.45, 2.75) is 6.42 Å². The first-order valence-corrected chi connectivity index (χ1v) is 6.79. The van der Waals surface area contributed by atoms with Gasteiger partial charge in [0.05, 0.1) is 4.92 Å². The summed E-state index contributed by atoms with van der Waals surface area (Å²) >= 11 is 5.82. The van der Waals surface area contributed by atoms with Gasteiger partial charge in [0.2, 0.25) is 0 Å². The number of anilines is 1. The molecule has 0 saturated carbocycles. The van der Waals surface area contributed by atoms with Gasteiger partial charge in [-0.3, -0.25) is 14.9 Å². The van der Waals surface area contributed by atoms with Gasteiger partial charge in [-0.25, -0.2) is 0 Å². The van der Waals surface area contributed by atoms with Crippen LogP contribution in [0, 0.1) is 10.1 Å². The number of hydrogen-bond donors (Lipinski definition) is 0. The van der Waals surface area contributed by atoms with Gasteiger partial charge in [-0.1, -0.05) is 11.6 Å². The molecule has 0 spiro atoms. The van der Waals surface area contributed by atoms with Gasteiger partial charge in [0.25, 0.3) is 11.6 Å². The zero-order valence-corrected chi connectivity index (χ0v) is 11.7. The van der Waals surface area contributed by atoms with Crippen molar-refractivity contribution in [3.05, 3.63) is 68.7 Å². The summed E-state index contributed by atoms with van der Waals surface area (Å²) in [6.07, 6.45) is 0.621. The molecule has 0 saturated heterocycles. The molecule has 3 rings (SSSR count). The van der Waals surface area contributed by atoms with Gasteiger partial charge >= 0.3 is 0 Å². The third kappa shape index (κ3) is 2.48. The van der Waals surface area contributed by atoms with Crippen LogP contribution in [0.1, 0.15) is 15.9 Å². The summed E-state index contributed by atoms with van der Waals surface area (Å²) < 4.78 is 0. The largest absolute Gasteiger partial charge is 0.308 e. The van der Waals surface area contributed by atoms with Crippen molar-refractivity contribution in [2.24, 2.45) is 0 Å². The van der Waals surface area contributed by atoms with Crippen molar-refractivity contribution in [1.29, 1.82) is 0 Å². The first-order valence-electron chi connectivity index (χ1n) is 6.41. The van der Waals surface area contributed by atoms with Gasteiger partial charge in [0, 0.05) is 35.0 Å². The predicted molar refractivity (Wildman–Crippen MR) is 79.9 cm³/mol. The highest BCUT2D eigenvalue weighted by atomic mass is 35.5. The van der Waals surface area contributed by atoms with Crippen LogP contribution in [0.5, 0.6) is 0 Å². The molecule has 1 aliphatic rings. The zero-order valence-electron chi connectivity index (χ0n) is 11.0. The number of halogens is 1. The van der Waals surface area contributed by atoms with Gasteiger partial charge in [0.1, 0.15) is 0 Å². The van der Waals surface area contributed by atoms with E-state index in [4.69, 9.17) is 11.6 Å². The van der Waals surface area contributed by atoms with Crippen molar-refractivity contribution < 1.29 is 9.72 Å². The monoisotopic (exact) mass is 302 g/mol. The number of amides is 1. The molecule has 0 bridgehead atoms. The number of carbonyl (C=O) groups is 1. The van der Waals surface area contributed by atoms with Crippen LogP contribution in [-0.2, 0) is 6.42 Å². The van der Waals surface area contributed by atoms with Crippen molar-refractivity contribution in [3.63, 3.8) is 0 Å². The molecule has 0 N–H and O–H groups in total. The molecule has 6 heteroatoms. The SMILES string of the molecule is O=C(c1ccc(Cl)cc1)N1CCc2cc([N+](=O)[O-])ccc21. The molecule has 2 aromatic carbocycles. The van der Waals surface area contributed by atoms with Gasteiger partial charge in [-0.2, -0.15) is 0 Å². The molecule has 0 atom stereocenters. The van der Waals surface area contributed by atoms with Crippen LogP contribution in [0.2, 0.25) is 5.02 Å². The molecule has 1 aliphatic heterocycles. The number of carbonyl (C=O) groups excluding carboxylic acids is 1. The number of rotatable bonds is 2. The molecule has 0 aliphatic carbocycles. The van der Waals surface area contributed by atoms with E-state index in [9.17, 15) is 14.9 Å². The fraction of sp³-hybridized carbons (Fsp3) is 0.133. The minimum atomic E-state index is -0.427. The van der Waals surface area contributed by atoms with Crippen molar-refractivity contribution in [2.75, 3.05) is 11.4 Å². The molecule has 2 aromatic rings. The Morgan fingerprint density at radius 2 is 1.90 bits per heavy atom. The van der Waals surface area contributed by atoms with Crippen LogP contribution < -0.4 is 4.90 Å². The maximum atomic E-state index is 12.5. The van der Waals surface area contributed by atoms with E-state index in [-0.39, 0.29) is 11.6 Å². The normalized spacial score (nSPS) is 13.1. The molecular formula is C15H11ClN2O3. The molecule has 21 heavy (non-hydrogen) atoms. The second-order valence-corrected chi connectivity index (χ2v) is 5.22. The number of nitro groups is 1. The van der Waals surface area contributed by atoms with Gasteiger partial charge < -0.3 is 4.90 Å². The second-order valence-electron chi connectivity index (χ2n) is 4.78. The number of fused-ring (bicyclic) bond motifs is 1. The molecular weight excluding hydrogens is 292 g/mol. The number of hydrogen-bond acceptors (Lipinski definition) is 3. The summed E-state index contributed by atoms with van der Waals surface area (Å²) in [5.74, 6) is -0.126. The van der Waals surface area contributed by atoms with E-state index in [0.29, 0.717) is 23.6 Å². The Labute approximate surface area is 125 Å². The van der Waals surface area contributed by atoms with E-state index in [0.717, 1.165) is 11.3 Å². The number of benzene rings is 2. The maximum absolute atomic E-state index is 12.5. The summed E-state index contributed by atoms with van der Waals surface area (Å²) in [7, 11) is 0. The quantitative estimate of drug-likeness (QED) is 0.630. The van der Waals surface area contributed by atoms with E-state index >= 15 is 0 Å². The smallest absolute Gasteiger partial charge is 0.269 e. The zero-order chi connectivity index (χ0) is 15.0. The molecule has 0 fully saturated rings. The Kier molecular flexibility index (Phi) is 3.35. The standard InChI is InChI=1S/C15H11ClN2O3/c16-12-3-1-10(2-4-12)15(19)17-8-7-11-9-13(18(20)21)5-6-14(11)17/h1-6,9H,7-8H2. The minimum absolute atomic E-state index is 0.0505. The van der Waals surface area contributed by atoms with E-state index in [2.05, 4.69) is 0 Å².